The minimum atomic E-state index is -0.759. The highest BCUT2D eigenvalue weighted by Crippen LogP contribution is 2.34. The van der Waals surface area contributed by atoms with Crippen LogP contribution in [0.15, 0.2) is 18.2 Å². The minimum absolute atomic E-state index is 0.0206. The van der Waals surface area contributed by atoms with E-state index >= 15 is 0 Å². The number of hydrogen-bond donors (Lipinski definition) is 2. The molecule has 0 aliphatic rings. The highest BCUT2D eigenvalue weighted by molar-refractivity contribution is 5.69. The van der Waals surface area contributed by atoms with Crippen LogP contribution in [0.2, 0.25) is 0 Å². The Morgan fingerprint density at radius 1 is 1.45 bits per heavy atom. The van der Waals surface area contributed by atoms with Crippen LogP contribution in [0.5, 0.6) is 5.75 Å². The number of amides is 1. The van der Waals surface area contributed by atoms with Crippen molar-refractivity contribution in [3.63, 3.8) is 0 Å². The van der Waals surface area contributed by atoms with Gasteiger partial charge >= 0.3 is 11.8 Å². The Balaban J connectivity index is 3.10. The zero-order valence-corrected chi connectivity index (χ0v) is 13.1. The van der Waals surface area contributed by atoms with Gasteiger partial charge in [-0.15, -0.1) is 0 Å². The number of nitro groups is 1. The first-order valence-electron chi connectivity index (χ1n) is 6.70. The second kappa shape index (κ2) is 7.08. The second-order valence-electron chi connectivity index (χ2n) is 5.59. The lowest BCUT2D eigenvalue weighted by Crippen LogP contribution is -2.38. The van der Waals surface area contributed by atoms with Crippen molar-refractivity contribution in [2.45, 2.75) is 32.4 Å². The summed E-state index contributed by atoms with van der Waals surface area (Å²) < 4.78 is 10.1. The molecule has 122 valence electrons. The number of para-hydroxylation sites is 1. The van der Waals surface area contributed by atoms with Crippen LogP contribution < -0.4 is 15.8 Å². The number of methoxy groups -OCH3 is 1. The molecule has 1 unspecified atom stereocenters. The van der Waals surface area contributed by atoms with E-state index in [0.717, 1.165) is 0 Å². The average Bonchev–Trinajstić information content (AvgIpc) is 2.41. The third-order valence-corrected chi connectivity index (χ3v) is 2.73. The second-order valence-corrected chi connectivity index (χ2v) is 5.59. The van der Waals surface area contributed by atoms with Crippen LogP contribution in [0.4, 0.5) is 10.5 Å². The van der Waals surface area contributed by atoms with E-state index in [2.05, 4.69) is 5.32 Å². The summed E-state index contributed by atoms with van der Waals surface area (Å²) in [7, 11) is 1.34. The van der Waals surface area contributed by atoms with Crippen molar-refractivity contribution in [1.29, 1.82) is 0 Å². The predicted octanol–water partition coefficient (Wildman–Crippen LogP) is 2.13. The fraction of sp³-hybridized carbons (Fsp3) is 0.500. The maximum Gasteiger partial charge on any atom is 0.408 e. The summed E-state index contributed by atoms with van der Waals surface area (Å²) in [5, 5.41) is 13.8. The number of nitrogens with two attached hydrogens (primary N) is 1. The molecule has 0 aliphatic heterocycles. The number of ether oxygens (including phenoxy) is 2. The summed E-state index contributed by atoms with van der Waals surface area (Å²) in [5.41, 5.74) is 5.00. The van der Waals surface area contributed by atoms with Gasteiger partial charge in [0.2, 0.25) is 0 Å². The van der Waals surface area contributed by atoms with Gasteiger partial charge < -0.3 is 20.5 Å². The Bertz CT molecular complexity index is 554. The molecule has 1 aromatic carbocycles. The van der Waals surface area contributed by atoms with Gasteiger partial charge in [-0.25, -0.2) is 4.79 Å². The Hall–Kier alpha value is -2.35. The number of benzene rings is 1. The van der Waals surface area contributed by atoms with Gasteiger partial charge in [-0.2, -0.15) is 0 Å². The van der Waals surface area contributed by atoms with Gasteiger partial charge in [0.25, 0.3) is 0 Å². The maximum absolute atomic E-state index is 11.8. The van der Waals surface area contributed by atoms with Gasteiger partial charge in [0, 0.05) is 6.54 Å². The van der Waals surface area contributed by atoms with Gasteiger partial charge in [-0.05, 0) is 32.9 Å². The first-order chi connectivity index (χ1) is 10.2. The molecule has 0 aliphatic carbocycles. The van der Waals surface area contributed by atoms with Gasteiger partial charge in [0.05, 0.1) is 23.6 Å². The molecule has 0 fully saturated rings. The smallest absolute Gasteiger partial charge is 0.408 e. The third kappa shape index (κ3) is 4.59. The molecule has 0 aromatic heterocycles. The van der Waals surface area contributed by atoms with E-state index in [9.17, 15) is 14.9 Å². The summed E-state index contributed by atoms with van der Waals surface area (Å²) in [6.07, 6.45) is -0.694. The fourth-order valence-electron chi connectivity index (χ4n) is 1.89. The largest absolute Gasteiger partial charge is 0.490 e. The molecule has 0 heterocycles. The first-order valence-corrected chi connectivity index (χ1v) is 6.70. The highest BCUT2D eigenvalue weighted by atomic mass is 16.6. The number of rotatable bonds is 5. The van der Waals surface area contributed by atoms with Crippen LogP contribution in [0.25, 0.3) is 0 Å². The average molecular weight is 311 g/mol. The summed E-state index contributed by atoms with van der Waals surface area (Å²) in [4.78, 5) is 22.6. The molecular formula is C14H21N3O5. The van der Waals surface area contributed by atoms with Crippen molar-refractivity contribution >= 4 is 11.8 Å². The Labute approximate surface area is 128 Å². The van der Waals surface area contributed by atoms with Gasteiger partial charge in [-0.1, -0.05) is 6.07 Å². The van der Waals surface area contributed by atoms with Crippen molar-refractivity contribution in [3.8, 4) is 5.75 Å². The molecule has 0 radical (unpaired) electrons. The van der Waals surface area contributed by atoms with Gasteiger partial charge in [0.15, 0.2) is 5.75 Å². The lowest BCUT2D eigenvalue weighted by Gasteiger charge is -2.23. The molecule has 0 saturated carbocycles. The Kier molecular flexibility index (Phi) is 5.69. The van der Waals surface area contributed by atoms with Crippen molar-refractivity contribution in [3.05, 3.63) is 33.9 Å². The zero-order valence-electron chi connectivity index (χ0n) is 13.1. The first kappa shape index (κ1) is 17.7. The van der Waals surface area contributed by atoms with Crippen LogP contribution in [0.1, 0.15) is 32.4 Å². The van der Waals surface area contributed by atoms with E-state index in [1.54, 1.807) is 26.8 Å². The lowest BCUT2D eigenvalue weighted by atomic mass is 10.0. The number of carbonyl (C=O) groups excluding carboxylic acids is 1. The summed E-state index contributed by atoms with van der Waals surface area (Å²) in [6, 6.07) is 3.84. The van der Waals surface area contributed by atoms with Gasteiger partial charge in [0.1, 0.15) is 5.60 Å². The van der Waals surface area contributed by atoms with Crippen molar-refractivity contribution in [2.24, 2.45) is 5.73 Å². The molecule has 0 spiro atoms. The van der Waals surface area contributed by atoms with E-state index in [1.807, 2.05) is 0 Å². The fourth-order valence-corrected chi connectivity index (χ4v) is 1.89. The number of hydrogen-bond acceptors (Lipinski definition) is 6. The van der Waals surface area contributed by atoms with Crippen molar-refractivity contribution in [1.82, 2.24) is 5.32 Å². The summed E-state index contributed by atoms with van der Waals surface area (Å²) in [6.45, 7) is 5.14. The molecule has 1 aromatic rings. The topological polar surface area (TPSA) is 117 Å². The molecule has 0 saturated heterocycles. The number of nitrogens with one attached hydrogen (secondary N) is 1. The number of nitrogens with zero attached hydrogens (tertiary/aromatic N) is 1. The minimum Gasteiger partial charge on any atom is -0.490 e. The molecule has 1 atom stereocenters. The van der Waals surface area contributed by atoms with Crippen LogP contribution >= 0.6 is 0 Å². The third-order valence-electron chi connectivity index (χ3n) is 2.73. The van der Waals surface area contributed by atoms with E-state index < -0.39 is 22.7 Å². The lowest BCUT2D eigenvalue weighted by molar-refractivity contribution is -0.386. The van der Waals surface area contributed by atoms with E-state index in [0.29, 0.717) is 0 Å². The maximum atomic E-state index is 11.8. The molecule has 1 amide bonds. The van der Waals surface area contributed by atoms with E-state index in [4.69, 9.17) is 15.2 Å². The van der Waals surface area contributed by atoms with Gasteiger partial charge in [-0.3, -0.25) is 10.1 Å². The predicted molar refractivity (Wildman–Crippen MR) is 80.8 cm³/mol. The van der Waals surface area contributed by atoms with Crippen LogP contribution in [-0.2, 0) is 4.74 Å². The van der Waals surface area contributed by atoms with E-state index in [-0.39, 0.29) is 23.5 Å². The number of nitro benzene ring substituents is 1. The number of alkyl carbamates (subject to hydrolysis) is 1. The monoisotopic (exact) mass is 311 g/mol. The molecular weight excluding hydrogens is 290 g/mol. The van der Waals surface area contributed by atoms with Crippen LogP contribution in [0.3, 0.4) is 0 Å². The summed E-state index contributed by atoms with van der Waals surface area (Å²) in [5.74, 6) is 0.104. The summed E-state index contributed by atoms with van der Waals surface area (Å²) >= 11 is 0. The normalized spacial score (nSPS) is 12.4. The highest BCUT2D eigenvalue weighted by Gasteiger charge is 2.28. The number of carbonyl (C=O) groups is 1. The molecule has 3 N–H and O–H groups in total. The standard InChI is InChI=1S/C14H21N3O5/c1-14(2,3)22-13(18)16-10(8-15)9-6-5-7-11(21-4)12(9)17(19)20/h5-7,10H,8,15H2,1-4H3,(H,16,18). The molecule has 8 heteroatoms. The Morgan fingerprint density at radius 3 is 2.55 bits per heavy atom. The molecule has 8 nitrogen and oxygen atoms in total. The molecule has 1 rings (SSSR count). The van der Waals surface area contributed by atoms with Crippen LogP contribution in [0, 0.1) is 10.1 Å². The van der Waals surface area contributed by atoms with Crippen LogP contribution in [-0.4, -0.2) is 30.3 Å². The van der Waals surface area contributed by atoms with E-state index in [1.165, 1.54) is 19.2 Å². The SMILES string of the molecule is COc1cccc(C(CN)NC(=O)OC(C)(C)C)c1[N+](=O)[O-]. The quantitative estimate of drug-likeness (QED) is 0.635. The molecule has 0 bridgehead atoms. The zero-order chi connectivity index (χ0) is 16.9. The Morgan fingerprint density at radius 2 is 2.09 bits per heavy atom. The molecule has 22 heavy (non-hydrogen) atoms. The van der Waals surface area contributed by atoms with Crippen molar-refractivity contribution in [2.75, 3.05) is 13.7 Å². The van der Waals surface area contributed by atoms with Crippen molar-refractivity contribution < 1.29 is 19.2 Å².